The fraction of sp³-hybridized carbons (Fsp3) is 0.462. The van der Waals surface area contributed by atoms with Crippen LogP contribution < -0.4 is 4.90 Å². The predicted molar refractivity (Wildman–Crippen MR) is 76.3 cm³/mol. The second kappa shape index (κ2) is 5.71. The molecule has 0 fully saturated rings. The van der Waals surface area contributed by atoms with Crippen LogP contribution in [0, 0.1) is 3.57 Å². The molecule has 0 N–H and O–H groups in total. The van der Waals surface area contributed by atoms with E-state index in [1.165, 1.54) is 21.9 Å². The first kappa shape index (κ1) is 12.7. The molecule has 3 nitrogen and oxygen atoms in total. The summed E-state index contributed by atoms with van der Waals surface area (Å²) in [6, 6.07) is 6.52. The molecule has 17 heavy (non-hydrogen) atoms. The van der Waals surface area contributed by atoms with Crippen molar-refractivity contribution < 1.29 is 9.53 Å². The van der Waals surface area contributed by atoms with E-state index < -0.39 is 0 Å². The lowest BCUT2D eigenvalue weighted by Gasteiger charge is -2.31. The molecule has 0 saturated heterocycles. The van der Waals surface area contributed by atoms with Crippen molar-refractivity contribution in [2.45, 2.75) is 19.3 Å². The molecule has 0 unspecified atom stereocenters. The highest BCUT2D eigenvalue weighted by atomic mass is 127. The summed E-state index contributed by atoms with van der Waals surface area (Å²) in [7, 11) is 1.44. The molecule has 0 spiro atoms. The summed E-state index contributed by atoms with van der Waals surface area (Å²) in [5.74, 6) is -0.136. The lowest BCUT2D eigenvalue weighted by molar-refractivity contribution is -0.140. The van der Waals surface area contributed by atoms with Crippen molar-refractivity contribution in [3.8, 4) is 0 Å². The standard InChI is InChI=1S/C13H16INO2/c1-17-13(16)6-8-15-7-2-3-10-9-11(14)4-5-12(10)15/h4-5,9H,2-3,6-8H2,1H3. The van der Waals surface area contributed by atoms with Crippen LogP contribution in [0.5, 0.6) is 0 Å². The first-order valence-electron chi connectivity index (χ1n) is 5.81. The molecule has 0 bridgehead atoms. The number of esters is 1. The molecular weight excluding hydrogens is 329 g/mol. The Morgan fingerprint density at radius 2 is 2.35 bits per heavy atom. The Hall–Kier alpha value is -0.780. The molecule has 2 rings (SSSR count). The number of nitrogens with zero attached hydrogens (tertiary/aromatic N) is 1. The van der Waals surface area contributed by atoms with Gasteiger partial charge in [-0.2, -0.15) is 0 Å². The lowest BCUT2D eigenvalue weighted by Crippen LogP contribution is -2.31. The second-order valence-corrected chi connectivity index (χ2v) is 5.44. The Bertz CT molecular complexity index is 420. The maximum absolute atomic E-state index is 11.2. The van der Waals surface area contributed by atoms with E-state index in [1.54, 1.807) is 0 Å². The molecule has 1 heterocycles. The van der Waals surface area contributed by atoms with Gasteiger partial charge >= 0.3 is 5.97 Å². The molecule has 0 amide bonds. The van der Waals surface area contributed by atoms with E-state index in [1.807, 2.05) is 0 Å². The summed E-state index contributed by atoms with van der Waals surface area (Å²) in [6.07, 6.45) is 2.76. The molecular formula is C13H16INO2. The normalized spacial score (nSPS) is 14.4. The van der Waals surface area contributed by atoms with Crippen LogP contribution in [0.1, 0.15) is 18.4 Å². The summed E-state index contributed by atoms with van der Waals surface area (Å²) in [4.78, 5) is 13.5. The SMILES string of the molecule is COC(=O)CCN1CCCc2cc(I)ccc21. The first-order valence-corrected chi connectivity index (χ1v) is 6.89. The quantitative estimate of drug-likeness (QED) is 0.623. The van der Waals surface area contributed by atoms with Gasteiger partial charge in [-0.3, -0.25) is 4.79 Å². The number of methoxy groups -OCH3 is 1. The van der Waals surface area contributed by atoms with Gasteiger partial charge in [0.2, 0.25) is 0 Å². The molecule has 1 aliphatic heterocycles. The minimum Gasteiger partial charge on any atom is -0.469 e. The van der Waals surface area contributed by atoms with Crippen LogP contribution in [-0.4, -0.2) is 26.2 Å². The van der Waals surface area contributed by atoms with Gasteiger partial charge in [-0.25, -0.2) is 0 Å². The third kappa shape index (κ3) is 3.12. The number of rotatable bonds is 3. The van der Waals surface area contributed by atoms with E-state index in [0.29, 0.717) is 6.42 Å². The fourth-order valence-corrected chi connectivity index (χ4v) is 2.76. The van der Waals surface area contributed by atoms with Crippen LogP contribution in [-0.2, 0) is 16.0 Å². The number of hydrogen-bond acceptors (Lipinski definition) is 3. The minimum absolute atomic E-state index is 0.136. The Kier molecular flexibility index (Phi) is 4.25. The average molecular weight is 345 g/mol. The number of halogens is 1. The largest absolute Gasteiger partial charge is 0.469 e. The van der Waals surface area contributed by atoms with Crippen LogP contribution in [0.25, 0.3) is 0 Å². The molecule has 1 aromatic carbocycles. The molecule has 1 aliphatic rings. The van der Waals surface area contributed by atoms with Crippen LogP contribution in [0.4, 0.5) is 5.69 Å². The number of aryl methyl sites for hydroxylation is 1. The number of fused-ring (bicyclic) bond motifs is 1. The average Bonchev–Trinajstić information content (AvgIpc) is 2.35. The predicted octanol–water partition coefficient (Wildman–Crippen LogP) is 2.61. The molecule has 1 aromatic rings. The number of hydrogen-bond donors (Lipinski definition) is 0. The Morgan fingerprint density at radius 1 is 1.53 bits per heavy atom. The minimum atomic E-state index is -0.136. The number of benzene rings is 1. The van der Waals surface area contributed by atoms with E-state index in [9.17, 15) is 4.79 Å². The van der Waals surface area contributed by atoms with Crippen molar-refractivity contribution in [3.05, 3.63) is 27.3 Å². The van der Waals surface area contributed by atoms with Gasteiger partial charge < -0.3 is 9.64 Å². The van der Waals surface area contributed by atoms with E-state index in [0.717, 1.165) is 25.9 Å². The maximum Gasteiger partial charge on any atom is 0.307 e. The smallest absolute Gasteiger partial charge is 0.307 e. The highest BCUT2D eigenvalue weighted by Crippen LogP contribution is 2.28. The molecule has 92 valence electrons. The Morgan fingerprint density at radius 3 is 3.12 bits per heavy atom. The lowest BCUT2D eigenvalue weighted by atomic mass is 10.0. The van der Waals surface area contributed by atoms with Gasteiger partial charge in [-0.05, 0) is 59.2 Å². The summed E-state index contributed by atoms with van der Waals surface area (Å²) in [5.41, 5.74) is 2.67. The van der Waals surface area contributed by atoms with E-state index in [-0.39, 0.29) is 5.97 Å². The van der Waals surface area contributed by atoms with Crippen molar-refractivity contribution in [3.63, 3.8) is 0 Å². The Balaban J connectivity index is 2.09. The molecule has 0 atom stereocenters. The zero-order chi connectivity index (χ0) is 12.3. The monoisotopic (exact) mass is 345 g/mol. The second-order valence-electron chi connectivity index (χ2n) is 4.19. The van der Waals surface area contributed by atoms with E-state index in [4.69, 9.17) is 0 Å². The van der Waals surface area contributed by atoms with Crippen molar-refractivity contribution in [2.75, 3.05) is 25.1 Å². The van der Waals surface area contributed by atoms with E-state index in [2.05, 4.69) is 50.4 Å². The maximum atomic E-state index is 11.2. The van der Waals surface area contributed by atoms with Crippen LogP contribution in [0.3, 0.4) is 0 Å². The van der Waals surface area contributed by atoms with E-state index >= 15 is 0 Å². The summed E-state index contributed by atoms with van der Waals surface area (Å²) in [5, 5.41) is 0. The zero-order valence-electron chi connectivity index (χ0n) is 9.91. The fourth-order valence-electron chi connectivity index (χ4n) is 2.20. The van der Waals surface area contributed by atoms with Crippen molar-refractivity contribution in [1.29, 1.82) is 0 Å². The Labute approximate surface area is 115 Å². The summed E-state index contributed by atoms with van der Waals surface area (Å²) >= 11 is 2.34. The molecule has 4 heteroatoms. The van der Waals surface area contributed by atoms with Gasteiger partial charge in [0.15, 0.2) is 0 Å². The topological polar surface area (TPSA) is 29.5 Å². The van der Waals surface area contributed by atoms with Crippen molar-refractivity contribution in [1.82, 2.24) is 0 Å². The molecule has 0 aliphatic carbocycles. The summed E-state index contributed by atoms with van der Waals surface area (Å²) in [6.45, 7) is 1.78. The summed E-state index contributed by atoms with van der Waals surface area (Å²) < 4.78 is 5.96. The van der Waals surface area contributed by atoms with Crippen LogP contribution in [0.15, 0.2) is 18.2 Å². The highest BCUT2D eigenvalue weighted by molar-refractivity contribution is 14.1. The first-order chi connectivity index (χ1) is 8.20. The molecule has 0 radical (unpaired) electrons. The van der Waals surface area contributed by atoms with Crippen molar-refractivity contribution in [2.24, 2.45) is 0 Å². The third-order valence-electron chi connectivity index (χ3n) is 3.07. The zero-order valence-corrected chi connectivity index (χ0v) is 12.1. The van der Waals surface area contributed by atoms with Gasteiger partial charge in [-0.15, -0.1) is 0 Å². The van der Waals surface area contributed by atoms with Crippen LogP contribution in [0.2, 0.25) is 0 Å². The van der Waals surface area contributed by atoms with Gasteiger partial charge in [0, 0.05) is 22.3 Å². The van der Waals surface area contributed by atoms with Gasteiger partial charge in [0.1, 0.15) is 0 Å². The highest BCUT2D eigenvalue weighted by Gasteiger charge is 2.17. The number of anilines is 1. The third-order valence-corrected chi connectivity index (χ3v) is 3.74. The van der Waals surface area contributed by atoms with Gasteiger partial charge in [0.05, 0.1) is 13.5 Å². The number of carbonyl (C=O) groups excluding carboxylic acids is 1. The van der Waals surface area contributed by atoms with Crippen LogP contribution >= 0.6 is 22.6 Å². The van der Waals surface area contributed by atoms with Crippen molar-refractivity contribution >= 4 is 34.2 Å². The number of carbonyl (C=O) groups is 1. The molecule has 0 saturated carbocycles. The van der Waals surface area contributed by atoms with Gasteiger partial charge in [-0.1, -0.05) is 0 Å². The molecule has 0 aromatic heterocycles. The van der Waals surface area contributed by atoms with Gasteiger partial charge in [0.25, 0.3) is 0 Å². The number of ether oxygens (including phenoxy) is 1.